The van der Waals surface area contributed by atoms with Crippen molar-refractivity contribution in [3.05, 3.63) is 86.6 Å². The molecule has 0 spiro atoms. The summed E-state index contributed by atoms with van der Waals surface area (Å²) in [6, 6.07) is 15.6. The zero-order valence-corrected chi connectivity index (χ0v) is 19.1. The van der Waals surface area contributed by atoms with Gasteiger partial charge in [0.05, 0.1) is 18.0 Å². The zero-order chi connectivity index (χ0) is 24.1. The third kappa shape index (κ3) is 5.40. The maximum absolute atomic E-state index is 12.9. The van der Waals surface area contributed by atoms with Crippen LogP contribution in [0.2, 0.25) is 0 Å². The number of nitrogens with one attached hydrogen (secondary N) is 1. The third-order valence-electron chi connectivity index (χ3n) is 6.12. The molecule has 1 saturated heterocycles. The number of benzene rings is 2. The number of hydrogen-bond acceptors (Lipinski definition) is 6. The Kier molecular flexibility index (Phi) is 7.17. The molecular weight excluding hydrogens is 436 g/mol. The maximum Gasteiger partial charge on any atom is 0.346 e. The van der Waals surface area contributed by atoms with Crippen LogP contribution in [0, 0.1) is 10.1 Å². The summed E-state index contributed by atoms with van der Waals surface area (Å²) in [7, 11) is 0. The second-order valence-corrected chi connectivity index (χ2v) is 8.43. The van der Waals surface area contributed by atoms with E-state index < -0.39 is 4.92 Å². The highest BCUT2D eigenvalue weighted by Gasteiger charge is 2.27. The Labute approximate surface area is 197 Å². The number of non-ortho nitro benzene ring substituents is 1. The van der Waals surface area contributed by atoms with E-state index in [2.05, 4.69) is 15.3 Å². The van der Waals surface area contributed by atoms with Gasteiger partial charge in [0.25, 0.3) is 5.69 Å². The quantitative estimate of drug-likeness (QED) is 0.405. The Hall–Kier alpha value is -3.79. The van der Waals surface area contributed by atoms with Crippen LogP contribution in [0.3, 0.4) is 0 Å². The molecule has 1 fully saturated rings. The molecular formula is C24H28N6O4. The van der Waals surface area contributed by atoms with Crippen molar-refractivity contribution in [2.24, 2.45) is 0 Å². The summed E-state index contributed by atoms with van der Waals surface area (Å²) in [5, 5.41) is 18.2. The lowest BCUT2D eigenvalue weighted by atomic mass is 9.96. The zero-order valence-electron chi connectivity index (χ0n) is 19.1. The van der Waals surface area contributed by atoms with E-state index in [1.807, 2.05) is 37.3 Å². The van der Waals surface area contributed by atoms with E-state index >= 15 is 0 Å². The molecule has 4 rings (SSSR count). The summed E-state index contributed by atoms with van der Waals surface area (Å²) >= 11 is 0. The Bertz CT molecular complexity index is 1190. The number of carbonyl (C=O) groups is 1. The van der Waals surface area contributed by atoms with Crippen molar-refractivity contribution in [1.29, 1.82) is 0 Å². The van der Waals surface area contributed by atoms with Gasteiger partial charge in [0.1, 0.15) is 5.82 Å². The highest BCUT2D eigenvalue weighted by Crippen LogP contribution is 2.26. The first-order valence-corrected chi connectivity index (χ1v) is 11.4. The number of likely N-dealkylation sites (tertiary alicyclic amines) is 1. The standard InChI is InChI=1S/C24H28N6O4/c1-2-28-23(26-29(24(28)32)16-18-6-4-3-5-7-18)19-12-14-27(15-13-19)17-22(31)25-20-8-10-21(11-9-20)30(33)34/h3-11,19H,2,12-17H2,1H3,(H,25,31). The molecule has 2 aromatic carbocycles. The number of nitrogens with zero attached hydrogens (tertiary/aromatic N) is 5. The SMILES string of the molecule is CCn1c(C2CCN(CC(=O)Nc3ccc([N+](=O)[O-])cc3)CC2)nn(Cc2ccccc2)c1=O. The molecule has 10 nitrogen and oxygen atoms in total. The van der Waals surface area contributed by atoms with E-state index in [-0.39, 0.29) is 29.7 Å². The lowest BCUT2D eigenvalue weighted by Crippen LogP contribution is -2.39. The first-order valence-electron chi connectivity index (χ1n) is 11.4. The second kappa shape index (κ2) is 10.4. The van der Waals surface area contributed by atoms with Gasteiger partial charge in [-0.3, -0.25) is 24.4 Å². The predicted octanol–water partition coefficient (Wildman–Crippen LogP) is 2.84. The number of carbonyl (C=O) groups excluding carboxylic acids is 1. The molecule has 0 aliphatic carbocycles. The second-order valence-electron chi connectivity index (χ2n) is 8.43. The fourth-order valence-corrected chi connectivity index (χ4v) is 4.34. The largest absolute Gasteiger partial charge is 0.346 e. The van der Waals surface area contributed by atoms with Crippen molar-refractivity contribution in [3.63, 3.8) is 0 Å². The summed E-state index contributed by atoms with van der Waals surface area (Å²) in [6.07, 6.45) is 1.62. The Morgan fingerprint density at radius 3 is 2.41 bits per heavy atom. The van der Waals surface area contributed by atoms with Gasteiger partial charge in [0.15, 0.2) is 0 Å². The minimum Gasteiger partial charge on any atom is -0.325 e. The number of hydrogen-bond donors (Lipinski definition) is 1. The molecule has 0 bridgehead atoms. The van der Waals surface area contributed by atoms with E-state index in [9.17, 15) is 19.7 Å². The lowest BCUT2D eigenvalue weighted by Gasteiger charge is -2.30. The first kappa shape index (κ1) is 23.4. The number of piperidine rings is 1. The number of nitro benzene ring substituents is 1. The molecule has 10 heteroatoms. The van der Waals surface area contributed by atoms with Crippen LogP contribution >= 0.6 is 0 Å². The molecule has 1 amide bonds. The van der Waals surface area contributed by atoms with Crippen molar-refractivity contribution >= 4 is 17.3 Å². The van der Waals surface area contributed by atoms with Crippen molar-refractivity contribution in [1.82, 2.24) is 19.2 Å². The molecule has 0 atom stereocenters. The molecule has 1 aliphatic rings. The lowest BCUT2D eigenvalue weighted by molar-refractivity contribution is -0.384. The van der Waals surface area contributed by atoms with E-state index in [0.717, 1.165) is 37.3 Å². The first-order chi connectivity index (χ1) is 16.4. The summed E-state index contributed by atoms with van der Waals surface area (Å²) in [5.74, 6) is 0.821. The van der Waals surface area contributed by atoms with Gasteiger partial charge >= 0.3 is 5.69 Å². The molecule has 0 radical (unpaired) electrons. The topological polar surface area (TPSA) is 115 Å². The number of aromatic nitrogens is 3. The van der Waals surface area contributed by atoms with Crippen LogP contribution in [0.25, 0.3) is 0 Å². The average molecular weight is 465 g/mol. The van der Waals surface area contributed by atoms with Crippen LogP contribution in [-0.4, -0.2) is 49.7 Å². The van der Waals surface area contributed by atoms with E-state index in [1.165, 1.54) is 28.9 Å². The van der Waals surface area contributed by atoms with Gasteiger partial charge in [-0.1, -0.05) is 30.3 Å². The smallest absolute Gasteiger partial charge is 0.325 e. The van der Waals surface area contributed by atoms with Crippen LogP contribution in [0.5, 0.6) is 0 Å². The van der Waals surface area contributed by atoms with E-state index in [0.29, 0.717) is 18.8 Å². The molecule has 2 heterocycles. The maximum atomic E-state index is 12.9. The Balaban J connectivity index is 1.34. The third-order valence-corrected chi connectivity index (χ3v) is 6.12. The van der Waals surface area contributed by atoms with E-state index in [4.69, 9.17) is 0 Å². The van der Waals surface area contributed by atoms with Crippen LogP contribution in [0.15, 0.2) is 59.4 Å². The van der Waals surface area contributed by atoms with Gasteiger partial charge in [-0.05, 0) is 50.6 Å². The molecule has 1 N–H and O–H groups in total. The normalized spacial score (nSPS) is 14.7. The van der Waals surface area contributed by atoms with E-state index in [1.54, 1.807) is 4.57 Å². The minimum atomic E-state index is -0.474. The number of nitro groups is 1. The number of amides is 1. The van der Waals surface area contributed by atoms with Gasteiger partial charge in [-0.25, -0.2) is 9.48 Å². The van der Waals surface area contributed by atoms with Crippen molar-refractivity contribution in [2.75, 3.05) is 25.0 Å². The van der Waals surface area contributed by atoms with Gasteiger partial charge in [-0.2, -0.15) is 5.10 Å². The van der Waals surface area contributed by atoms with Crippen LogP contribution in [0.4, 0.5) is 11.4 Å². The molecule has 1 aliphatic heterocycles. The summed E-state index contributed by atoms with van der Waals surface area (Å²) in [5.41, 5.74) is 1.45. The van der Waals surface area contributed by atoms with Crippen molar-refractivity contribution in [2.45, 2.75) is 38.8 Å². The number of rotatable bonds is 8. The summed E-state index contributed by atoms with van der Waals surface area (Å²) < 4.78 is 3.29. The van der Waals surface area contributed by atoms with Crippen molar-refractivity contribution < 1.29 is 9.72 Å². The number of anilines is 1. The fraction of sp³-hybridized carbons (Fsp3) is 0.375. The Morgan fingerprint density at radius 2 is 1.79 bits per heavy atom. The van der Waals surface area contributed by atoms with Crippen LogP contribution in [-0.2, 0) is 17.9 Å². The summed E-state index contributed by atoms with van der Waals surface area (Å²) in [4.78, 5) is 37.7. The van der Waals surface area contributed by atoms with Crippen LogP contribution in [0.1, 0.15) is 37.1 Å². The van der Waals surface area contributed by atoms with Gasteiger partial charge in [-0.15, -0.1) is 0 Å². The highest BCUT2D eigenvalue weighted by atomic mass is 16.6. The van der Waals surface area contributed by atoms with Crippen LogP contribution < -0.4 is 11.0 Å². The average Bonchev–Trinajstić information content (AvgIpc) is 3.15. The molecule has 34 heavy (non-hydrogen) atoms. The van der Waals surface area contributed by atoms with Gasteiger partial charge in [0.2, 0.25) is 5.91 Å². The van der Waals surface area contributed by atoms with Gasteiger partial charge in [0, 0.05) is 30.3 Å². The summed E-state index contributed by atoms with van der Waals surface area (Å²) in [6.45, 7) is 4.66. The molecule has 0 unspecified atom stereocenters. The Morgan fingerprint density at radius 1 is 1.12 bits per heavy atom. The highest BCUT2D eigenvalue weighted by molar-refractivity contribution is 5.92. The van der Waals surface area contributed by atoms with Gasteiger partial charge < -0.3 is 5.32 Å². The molecule has 178 valence electrons. The molecule has 1 aromatic heterocycles. The monoisotopic (exact) mass is 464 g/mol. The fourth-order valence-electron chi connectivity index (χ4n) is 4.34. The molecule has 3 aromatic rings. The molecule has 0 saturated carbocycles. The minimum absolute atomic E-state index is 0.0168. The van der Waals surface area contributed by atoms with Crippen molar-refractivity contribution in [3.8, 4) is 0 Å². The predicted molar refractivity (Wildman–Crippen MR) is 128 cm³/mol.